The minimum absolute atomic E-state index is 0.0150. The fraction of sp³-hybridized carbons (Fsp3) is 0.400. The Morgan fingerprint density at radius 3 is 2.53 bits per heavy atom. The molecule has 1 unspecified atom stereocenters. The zero-order valence-electron chi connectivity index (χ0n) is 8.77. The number of aliphatic hydroxyl groups excluding tert-OH is 1. The van der Waals surface area contributed by atoms with Gasteiger partial charge in [0, 0.05) is 5.56 Å². The van der Waals surface area contributed by atoms with Crippen LogP contribution in [0.25, 0.3) is 0 Å². The zero-order valence-corrected chi connectivity index (χ0v) is 9.58. The second-order valence-electron chi connectivity index (χ2n) is 3.27. The summed E-state index contributed by atoms with van der Waals surface area (Å²) in [7, 11) is -3.29. The van der Waals surface area contributed by atoms with Gasteiger partial charge in [-0.1, -0.05) is 18.2 Å². The lowest BCUT2D eigenvalue weighted by Gasteiger charge is -2.13. The van der Waals surface area contributed by atoms with Crippen LogP contribution in [0, 0.1) is 0 Å². The van der Waals surface area contributed by atoms with Crippen molar-refractivity contribution >= 4 is 15.7 Å². The molecule has 2 N–H and O–H groups in total. The van der Waals surface area contributed by atoms with E-state index in [9.17, 15) is 13.5 Å². The summed E-state index contributed by atoms with van der Waals surface area (Å²) in [6.45, 7) is 3.16. The van der Waals surface area contributed by atoms with Gasteiger partial charge >= 0.3 is 0 Å². The molecule has 0 aliphatic heterocycles. The molecule has 0 radical (unpaired) electrons. The first-order valence-corrected chi connectivity index (χ1v) is 6.39. The molecule has 0 fully saturated rings. The Kier molecular flexibility index (Phi) is 3.71. The van der Waals surface area contributed by atoms with E-state index in [1.165, 1.54) is 0 Å². The van der Waals surface area contributed by atoms with Crippen LogP contribution in [0.2, 0.25) is 0 Å². The Morgan fingerprint density at radius 2 is 2.00 bits per heavy atom. The third kappa shape index (κ3) is 3.21. The predicted octanol–water partition coefficient (Wildman–Crippen LogP) is 1.50. The Balaban J connectivity index is 3.05. The molecule has 0 aliphatic rings. The van der Waals surface area contributed by atoms with Gasteiger partial charge in [0.2, 0.25) is 10.0 Å². The third-order valence-electron chi connectivity index (χ3n) is 2.06. The van der Waals surface area contributed by atoms with Gasteiger partial charge < -0.3 is 5.11 Å². The SMILES string of the molecule is CCS(=O)(=O)Nc1ccccc1C(C)O. The van der Waals surface area contributed by atoms with Crippen molar-refractivity contribution < 1.29 is 13.5 Å². The fourth-order valence-corrected chi connectivity index (χ4v) is 1.86. The summed E-state index contributed by atoms with van der Waals surface area (Å²) in [6, 6.07) is 6.80. The summed E-state index contributed by atoms with van der Waals surface area (Å²) in [5.41, 5.74) is 1.02. The maximum Gasteiger partial charge on any atom is 0.232 e. The minimum Gasteiger partial charge on any atom is -0.389 e. The van der Waals surface area contributed by atoms with Crippen molar-refractivity contribution in [2.24, 2.45) is 0 Å². The van der Waals surface area contributed by atoms with Crippen LogP contribution in [0.5, 0.6) is 0 Å². The van der Waals surface area contributed by atoms with Gasteiger partial charge in [-0.25, -0.2) is 8.42 Å². The maximum absolute atomic E-state index is 11.4. The Bertz CT molecular complexity index is 426. The number of sulfonamides is 1. The number of rotatable bonds is 4. The van der Waals surface area contributed by atoms with E-state index in [0.717, 1.165) is 0 Å². The van der Waals surface area contributed by atoms with Gasteiger partial charge in [0.25, 0.3) is 0 Å². The van der Waals surface area contributed by atoms with E-state index < -0.39 is 16.1 Å². The highest BCUT2D eigenvalue weighted by atomic mass is 32.2. The van der Waals surface area contributed by atoms with Gasteiger partial charge in [-0.3, -0.25) is 4.72 Å². The highest BCUT2D eigenvalue weighted by Crippen LogP contribution is 2.22. The van der Waals surface area contributed by atoms with Gasteiger partial charge in [0.1, 0.15) is 0 Å². The molecule has 0 saturated heterocycles. The van der Waals surface area contributed by atoms with Crippen molar-refractivity contribution in [2.45, 2.75) is 20.0 Å². The molecule has 0 amide bonds. The van der Waals surface area contributed by atoms with Gasteiger partial charge in [-0.15, -0.1) is 0 Å². The first kappa shape index (κ1) is 12.0. The third-order valence-corrected chi connectivity index (χ3v) is 3.35. The van der Waals surface area contributed by atoms with E-state index in [1.807, 2.05) is 0 Å². The number of benzene rings is 1. The molecule has 15 heavy (non-hydrogen) atoms. The molecule has 0 saturated carbocycles. The van der Waals surface area contributed by atoms with Crippen LogP contribution in [0.4, 0.5) is 5.69 Å². The van der Waals surface area contributed by atoms with Crippen LogP contribution in [0.3, 0.4) is 0 Å². The van der Waals surface area contributed by atoms with Crippen molar-refractivity contribution in [3.8, 4) is 0 Å². The number of anilines is 1. The lowest BCUT2D eigenvalue weighted by atomic mass is 10.1. The van der Waals surface area contributed by atoms with E-state index in [2.05, 4.69) is 4.72 Å². The summed E-state index contributed by atoms with van der Waals surface area (Å²) in [5, 5.41) is 9.44. The number of hydrogen-bond acceptors (Lipinski definition) is 3. The standard InChI is InChI=1S/C10H15NO3S/c1-3-15(13,14)11-10-7-5-4-6-9(10)8(2)12/h4-8,11-12H,3H2,1-2H3. The van der Waals surface area contributed by atoms with Crippen LogP contribution >= 0.6 is 0 Å². The molecule has 0 aliphatic carbocycles. The maximum atomic E-state index is 11.4. The minimum atomic E-state index is -3.29. The molecule has 1 rings (SSSR count). The summed E-state index contributed by atoms with van der Waals surface area (Å²) in [6.07, 6.45) is -0.694. The zero-order chi connectivity index (χ0) is 11.5. The van der Waals surface area contributed by atoms with Crippen LogP contribution < -0.4 is 4.72 Å². The number of hydrogen-bond donors (Lipinski definition) is 2. The summed E-state index contributed by atoms with van der Waals surface area (Å²) >= 11 is 0. The van der Waals surface area contributed by atoms with Crippen LogP contribution in [0.15, 0.2) is 24.3 Å². The summed E-state index contributed by atoms with van der Waals surface area (Å²) in [4.78, 5) is 0. The molecular weight excluding hydrogens is 214 g/mol. The van der Waals surface area contributed by atoms with E-state index in [1.54, 1.807) is 38.1 Å². The normalized spacial score (nSPS) is 13.5. The summed E-state index contributed by atoms with van der Waals surface area (Å²) < 4.78 is 25.1. The average Bonchev–Trinajstić information content (AvgIpc) is 2.18. The highest BCUT2D eigenvalue weighted by molar-refractivity contribution is 7.92. The number of nitrogens with one attached hydrogen (secondary N) is 1. The second kappa shape index (κ2) is 4.63. The lowest BCUT2D eigenvalue weighted by molar-refractivity contribution is 0.200. The fourth-order valence-electron chi connectivity index (χ4n) is 1.19. The summed E-state index contributed by atoms with van der Waals surface area (Å²) in [5.74, 6) is 0.0150. The quantitative estimate of drug-likeness (QED) is 0.822. The van der Waals surface area contributed by atoms with Crippen LogP contribution in [-0.2, 0) is 10.0 Å². The molecule has 1 aromatic carbocycles. The highest BCUT2D eigenvalue weighted by Gasteiger charge is 2.12. The van der Waals surface area contributed by atoms with Crippen LogP contribution in [0.1, 0.15) is 25.5 Å². The average molecular weight is 229 g/mol. The molecule has 0 spiro atoms. The molecule has 0 bridgehead atoms. The van der Waals surface area contributed by atoms with Gasteiger partial charge in [-0.05, 0) is 19.9 Å². The van der Waals surface area contributed by atoms with E-state index in [0.29, 0.717) is 11.3 Å². The number of para-hydroxylation sites is 1. The second-order valence-corrected chi connectivity index (χ2v) is 5.28. The Hall–Kier alpha value is -1.07. The molecule has 1 aromatic rings. The van der Waals surface area contributed by atoms with Crippen molar-refractivity contribution in [2.75, 3.05) is 10.5 Å². The number of aliphatic hydroxyl groups is 1. The first-order chi connectivity index (χ1) is 6.96. The smallest absolute Gasteiger partial charge is 0.232 e. The Labute approximate surface area is 90.0 Å². The molecule has 4 nitrogen and oxygen atoms in total. The van der Waals surface area contributed by atoms with Crippen molar-refractivity contribution in [3.63, 3.8) is 0 Å². The van der Waals surface area contributed by atoms with Crippen molar-refractivity contribution in [3.05, 3.63) is 29.8 Å². The van der Waals surface area contributed by atoms with E-state index in [-0.39, 0.29) is 5.75 Å². The van der Waals surface area contributed by atoms with Gasteiger partial charge in [-0.2, -0.15) is 0 Å². The molecule has 0 heterocycles. The van der Waals surface area contributed by atoms with Crippen molar-refractivity contribution in [1.82, 2.24) is 0 Å². The topological polar surface area (TPSA) is 66.4 Å². The first-order valence-electron chi connectivity index (χ1n) is 4.73. The lowest BCUT2D eigenvalue weighted by Crippen LogP contribution is -2.16. The molecule has 0 aromatic heterocycles. The van der Waals surface area contributed by atoms with Gasteiger partial charge in [0.15, 0.2) is 0 Å². The van der Waals surface area contributed by atoms with Gasteiger partial charge in [0.05, 0.1) is 17.5 Å². The molecule has 5 heteroatoms. The predicted molar refractivity (Wildman–Crippen MR) is 60.2 cm³/mol. The molecular formula is C10H15NO3S. The molecule has 1 atom stereocenters. The van der Waals surface area contributed by atoms with Crippen molar-refractivity contribution in [1.29, 1.82) is 0 Å². The Morgan fingerprint density at radius 1 is 1.40 bits per heavy atom. The monoisotopic (exact) mass is 229 g/mol. The molecule has 84 valence electrons. The van der Waals surface area contributed by atoms with E-state index >= 15 is 0 Å². The van der Waals surface area contributed by atoms with E-state index in [4.69, 9.17) is 0 Å². The largest absolute Gasteiger partial charge is 0.389 e. The van der Waals surface area contributed by atoms with Crippen LogP contribution in [-0.4, -0.2) is 19.3 Å².